The van der Waals surface area contributed by atoms with Gasteiger partial charge in [-0.05, 0) is 42.2 Å². The normalized spacial score (nSPS) is 16.7. The number of sulfonamides is 1. The van der Waals surface area contributed by atoms with Gasteiger partial charge in [0.2, 0.25) is 10.0 Å². The summed E-state index contributed by atoms with van der Waals surface area (Å²) < 4.78 is 33.1. The number of carboxylic acid groups (broad SMARTS) is 1. The first-order valence-corrected chi connectivity index (χ1v) is 12.0. The van der Waals surface area contributed by atoms with Crippen molar-refractivity contribution in [3.8, 4) is 0 Å². The predicted octanol–water partition coefficient (Wildman–Crippen LogP) is 3.71. The van der Waals surface area contributed by atoms with Crippen molar-refractivity contribution in [1.29, 1.82) is 0 Å². The number of piperidine rings is 1. The lowest BCUT2D eigenvalue weighted by Gasteiger charge is -2.32. The number of amides is 1. The molecule has 0 aliphatic carbocycles. The molecule has 1 unspecified atom stereocenters. The van der Waals surface area contributed by atoms with Gasteiger partial charge in [-0.3, -0.25) is 4.98 Å². The molecule has 8 nitrogen and oxygen atoms in total. The van der Waals surface area contributed by atoms with E-state index >= 15 is 0 Å². The minimum absolute atomic E-state index is 0.0931. The highest BCUT2D eigenvalue weighted by Crippen LogP contribution is 2.25. The molecule has 11 heteroatoms. The average molecular weight is 488 g/mol. The largest absolute Gasteiger partial charge is 0.465 e. The Hall–Kier alpha value is -1.91. The van der Waals surface area contributed by atoms with Crippen LogP contribution in [-0.2, 0) is 21.4 Å². The van der Waals surface area contributed by atoms with Gasteiger partial charge in [0.1, 0.15) is 0 Å². The Morgan fingerprint density at radius 1 is 1.29 bits per heavy atom. The third-order valence-corrected chi connectivity index (χ3v) is 7.54. The van der Waals surface area contributed by atoms with Crippen molar-refractivity contribution < 1.29 is 23.1 Å². The number of halogens is 2. The number of nitrogens with one attached hydrogen (secondary N) is 1. The highest BCUT2D eigenvalue weighted by atomic mass is 35.5. The second kappa shape index (κ2) is 10.6. The van der Waals surface area contributed by atoms with E-state index in [1.165, 1.54) is 16.7 Å². The van der Waals surface area contributed by atoms with E-state index in [1.54, 1.807) is 30.3 Å². The van der Waals surface area contributed by atoms with E-state index in [-0.39, 0.29) is 11.9 Å². The zero-order valence-corrected chi connectivity index (χ0v) is 18.9. The third kappa shape index (κ3) is 6.78. The fraction of sp³-hybridized carbons (Fsp3) is 0.400. The lowest BCUT2D eigenvalue weighted by Crippen LogP contribution is -2.44. The first-order chi connectivity index (χ1) is 14.7. The Morgan fingerprint density at radius 2 is 2.03 bits per heavy atom. The van der Waals surface area contributed by atoms with Crippen molar-refractivity contribution in [3.63, 3.8) is 0 Å². The van der Waals surface area contributed by atoms with E-state index in [4.69, 9.17) is 33.0 Å². The number of rotatable bonds is 8. The number of pyridine rings is 1. The van der Waals surface area contributed by atoms with Gasteiger partial charge < -0.3 is 15.2 Å². The lowest BCUT2D eigenvalue weighted by molar-refractivity contribution is 0.0102. The minimum atomic E-state index is -3.69. The molecule has 2 N–H and O–H groups in total. The molecule has 1 amide bonds. The lowest BCUT2D eigenvalue weighted by atomic mass is 10.1. The van der Waals surface area contributed by atoms with E-state index in [9.17, 15) is 13.2 Å². The van der Waals surface area contributed by atoms with Crippen molar-refractivity contribution in [2.24, 2.45) is 0 Å². The fourth-order valence-corrected chi connectivity index (χ4v) is 5.53. The van der Waals surface area contributed by atoms with Gasteiger partial charge in [-0.1, -0.05) is 35.3 Å². The molecule has 1 aliphatic rings. The summed E-state index contributed by atoms with van der Waals surface area (Å²) in [6, 6.07) is 7.57. The highest BCUT2D eigenvalue weighted by Gasteiger charge is 2.31. The third-order valence-electron chi connectivity index (χ3n) is 5.05. The Labute approximate surface area is 191 Å². The van der Waals surface area contributed by atoms with Crippen molar-refractivity contribution in [2.75, 3.05) is 18.8 Å². The molecule has 1 atom stereocenters. The summed E-state index contributed by atoms with van der Waals surface area (Å²) >= 11 is 12.1. The summed E-state index contributed by atoms with van der Waals surface area (Å²) in [7, 11) is -3.69. The molecule has 31 heavy (non-hydrogen) atoms. The molecule has 1 aromatic heterocycles. The molecular formula is C20H23Cl2N3O5S. The molecule has 0 bridgehead atoms. The molecule has 0 radical (unpaired) electrons. The molecule has 2 heterocycles. The van der Waals surface area contributed by atoms with Crippen molar-refractivity contribution in [3.05, 3.63) is 63.9 Å². The first-order valence-electron chi connectivity index (χ1n) is 9.67. The quantitative estimate of drug-likeness (QED) is 0.587. The Morgan fingerprint density at radius 3 is 2.65 bits per heavy atom. The van der Waals surface area contributed by atoms with E-state index in [2.05, 4.69) is 10.3 Å². The minimum Gasteiger partial charge on any atom is -0.465 e. The molecule has 1 aliphatic heterocycles. The van der Waals surface area contributed by atoms with Crippen LogP contribution < -0.4 is 5.32 Å². The van der Waals surface area contributed by atoms with Crippen LogP contribution in [0.5, 0.6) is 0 Å². The van der Waals surface area contributed by atoms with Gasteiger partial charge in [-0.2, -0.15) is 0 Å². The number of hydrogen-bond acceptors (Lipinski definition) is 5. The Bertz CT molecular complexity index is 999. The van der Waals surface area contributed by atoms with E-state index in [0.29, 0.717) is 48.1 Å². The van der Waals surface area contributed by atoms with Crippen LogP contribution in [-0.4, -0.2) is 53.9 Å². The fourth-order valence-electron chi connectivity index (χ4n) is 3.39. The van der Waals surface area contributed by atoms with E-state index in [1.807, 2.05) is 0 Å². The molecular weight excluding hydrogens is 465 g/mol. The Kier molecular flexibility index (Phi) is 8.12. The maximum absolute atomic E-state index is 12.9. The summed E-state index contributed by atoms with van der Waals surface area (Å²) in [4.78, 5) is 15.1. The number of nitrogens with zero attached hydrogens (tertiary/aromatic N) is 2. The molecule has 2 aromatic rings. The van der Waals surface area contributed by atoms with Crippen molar-refractivity contribution >= 4 is 39.3 Å². The van der Waals surface area contributed by atoms with Crippen LogP contribution in [0, 0.1) is 0 Å². The van der Waals surface area contributed by atoms with Crippen molar-refractivity contribution in [2.45, 2.75) is 31.6 Å². The zero-order valence-electron chi connectivity index (χ0n) is 16.6. The number of aromatic nitrogens is 1. The Balaban J connectivity index is 1.56. The number of benzene rings is 1. The van der Waals surface area contributed by atoms with Crippen LogP contribution in [0.1, 0.15) is 30.0 Å². The van der Waals surface area contributed by atoms with Gasteiger partial charge in [0.25, 0.3) is 0 Å². The maximum atomic E-state index is 12.9. The molecule has 0 spiro atoms. The van der Waals surface area contributed by atoms with Gasteiger partial charge in [0.15, 0.2) is 0 Å². The average Bonchev–Trinajstić information content (AvgIpc) is 2.73. The SMILES string of the molecule is O=C(O)NC(CS(=O)(=O)N1CCC(OCc2ccc(Cl)cc2Cl)CC1)c1cccnc1. The molecule has 1 fully saturated rings. The summed E-state index contributed by atoms with van der Waals surface area (Å²) in [6.45, 7) is 0.918. The number of ether oxygens (including phenoxy) is 1. The molecule has 168 valence electrons. The monoisotopic (exact) mass is 487 g/mol. The van der Waals surface area contributed by atoms with Crippen LogP contribution in [0.15, 0.2) is 42.7 Å². The second-order valence-electron chi connectivity index (χ2n) is 7.21. The smallest absolute Gasteiger partial charge is 0.405 e. The molecule has 1 aromatic carbocycles. The van der Waals surface area contributed by atoms with Gasteiger partial charge >= 0.3 is 6.09 Å². The predicted molar refractivity (Wildman–Crippen MR) is 118 cm³/mol. The summed E-state index contributed by atoms with van der Waals surface area (Å²) in [5, 5.41) is 12.5. The standard InChI is InChI=1S/C20H23Cl2N3O5S/c21-16-4-3-15(18(22)10-16)12-30-17-5-8-25(9-6-17)31(28,29)13-19(24-20(26)27)14-2-1-7-23-11-14/h1-4,7,10-11,17,19,24H,5-6,8-9,12-13H2,(H,26,27). The van der Waals surface area contributed by atoms with Gasteiger partial charge in [0.05, 0.1) is 24.5 Å². The van der Waals surface area contributed by atoms with E-state index < -0.39 is 22.2 Å². The molecule has 3 rings (SSSR count). The van der Waals surface area contributed by atoms with Crippen LogP contribution in [0.25, 0.3) is 0 Å². The highest BCUT2D eigenvalue weighted by molar-refractivity contribution is 7.89. The van der Waals surface area contributed by atoms with Crippen LogP contribution >= 0.6 is 23.2 Å². The van der Waals surface area contributed by atoms with Crippen LogP contribution in [0.3, 0.4) is 0 Å². The maximum Gasteiger partial charge on any atom is 0.405 e. The topological polar surface area (TPSA) is 109 Å². The second-order valence-corrected chi connectivity index (χ2v) is 10.1. The van der Waals surface area contributed by atoms with Gasteiger partial charge in [-0.15, -0.1) is 0 Å². The first kappa shape index (κ1) is 23.7. The number of hydrogen-bond donors (Lipinski definition) is 2. The summed E-state index contributed by atoms with van der Waals surface area (Å²) in [6.07, 6.45) is 2.68. The summed E-state index contributed by atoms with van der Waals surface area (Å²) in [5.74, 6) is -0.378. The van der Waals surface area contributed by atoms with E-state index in [0.717, 1.165) is 5.56 Å². The van der Waals surface area contributed by atoms with Crippen LogP contribution in [0.2, 0.25) is 10.0 Å². The number of carbonyl (C=O) groups is 1. The van der Waals surface area contributed by atoms with Crippen LogP contribution in [0.4, 0.5) is 4.79 Å². The zero-order chi connectivity index (χ0) is 22.4. The summed E-state index contributed by atoms with van der Waals surface area (Å²) in [5.41, 5.74) is 1.31. The molecule has 0 saturated carbocycles. The van der Waals surface area contributed by atoms with Crippen molar-refractivity contribution in [1.82, 2.24) is 14.6 Å². The van der Waals surface area contributed by atoms with Gasteiger partial charge in [-0.25, -0.2) is 17.5 Å². The van der Waals surface area contributed by atoms with Gasteiger partial charge in [0, 0.05) is 35.5 Å². The molecule has 1 saturated heterocycles.